The Kier molecular flexibility index (Phi) is 6.73. The minimum atomic E-state index is -3.57. The van der Waals surface area contributed by atoms with Gasteiger partial charge in [-0.2, -0.15) is 0 Å². The normalized spacial score (nSPS) is 13.3. The first kappa shape index (κ1) is 18.0. The average Bonchev–Trinajstić information content (AvgIpc) is 2.37. The lowest BCUT2D eigenvalue weighted by Gasteiger charge is -2.21. The van der Waals surface area contributed by atoms with Crippen LogP contribution in [0.5, 0.6) is 0 Å². The first-order chi connectivity index (χ1) is 9.76. The van der Waals surface area contributed by atoms with E-state index in [1.54, 1.807) is 31.4 Å². The monoisotopic (exact) mass is 330 g/mol. The van der Waals surface area contributed by atoms with Crippen molar-refractivity contribution in [1.82, 2.24) is 4.72 Å². The van der Waals surface area contributed by atoms with Crippen molar-refractivity contribution < 1.29 is 13.2 Å². The molecule has 0 saturated heterocycles. The minimum Gasteiger partial charge on any atom is -0.393 e. The van der Waals surface area contributed by atoms with Crippen molar-refractivity contribution in [1.29, 1.82) is 0 Å². The molecule has 1 rings (SSSR count). The van der Waals surface area contributed by atoms with Gasteiger partial charge >= 0.3 is 0 Å². The summed E-state index contributed by atoms with van der Waals surface area (Å²) in [6.07, 6.45) is 0.460. The van der Waals surface area contributed by atoms with E-state index in [1.165, 1.54) is 0 Å². The Morgan fingerprint density at radius 2 is 1.90 bits per heavy atom. The van der Waals surface area contributed by atoms with Gasteiger partial charge in [0.05, 0.1) is 16.5 Å². The van der Waals surface area contributed by atoms with Crippen LogP contribution >= 0.6 is 12.2 Å². The van der Waals surface area contributed by atoms with E-state index in [0.717, 1.165) is 5.56 Å². The Morgan fingerprint density at radius 1 is 1.33 bits per heavy atom. The van der Waals surface area contributed by atoms with E-state index in [-0.39, 0.29) is 16.9 Å². The second kappa shape index (κ2) is 7.84. The van der Waals surface area contributed by atoms with Crippen molar-refractivity contribution in [2.45, 2.75) is 31.2 Å². The molecule has 1 atom stereocenters. The topological polar surface area (TPSA) is 81.4 Å². The third-order valence-electron chi connectivity index (χ3n) is 3.07. The predicted octanol–water partition coefficient (Wildman–Crippen LogP) is 1.46. The number of hydrogen-bond acceptors (Lipinski definition) is 4. The van der Waals surface area contributed by atoms with Gasteiger partial charge < -0.3 is 10.5 Å². The Morgan fingerprint density at radius 3 is 2.33 bits per heavy atom. The van der Waals surface area contributed by atoms with Gasteiger partial charge in [-0.3, -0.25) is 0 Å². The van der Waals surface area contributed by atoms with E-state index >= 15 is 0 Å². The molecule has 1 unspecified atom stereocenters. The van der Waals surface area contributed by atoms with E-state index in [0.29, 0.717) is 18.0 Å². The van der Waals surface area contributed by atoms with Crippen LogP contribution in [0.2, 0.25) is 0 Å². The summed E-state index contributed by atoms with van der Waals surface area (Å²) in [4.78, 5) is 0.597. The van der Waals surface area contributed by atoms with Crippen molar-refractivity contribution in [2.24, 2.45) is 11.7 Å². The van der Waals surface area contributed by atoms with Gasteiger partial charge in [0.2, 0.25) is 10.0 Å². The molecule has 0 aliphatic rings. The number of ether oxygens (including phenoxy) is 1. The van der Waals surface area contributed by atoms with Crippen LogP contribution in [0.25, 0.3) is 0 Å². The van der Waals surface area contributed by atoms with Gasteiger partial charge in [0.1, 0.15) is 0 Å². The SMILES string of the molecule is COCC(NS(=O)(=O)c1ccc(CC(N)=S)cc1)C(C)C. The maximum Gasteiger partial charge on any atom is 0.240 e. The van der Waals surface area contributed by atoms with Crippen molar-refractivity contribution in [3.8, 4) is 0 Å². The van der Waals surface area contributed by atoms with Crippen LogP contribution in [0.15, 0.2) is 29.2 Å². The highest BCUT2D eigenvalue weighted by atomic mass is 32.2. The van der Waals surface area contributed by atoms with Gasteiger partial charge in [0.15, 0.2) is 0 Å². The molecule has 1 aromatic carbocycles. The summed E-state index contributed by atoms with van der Waals surface area (Å²) in [5.41, 5.74) is 6.36. The zero-order valence-electron chi connectivity index (χ0n) is 12.5. The second-order valence-corrected chi connectivity index (χ2v) is 7.45. The van der Waals surface area contributed by atoms with Crippen LogP contribution in [0.4, 0.5) is 0 Å². The van der Waals surface area contributed by atoms with Crippen LogP contribution in [-0.4, -0.2) is 33.2 Å². The average molecular weight is 330 g/mol. The lowest BCUT2D eigenvalue weighted by atomic mass is 10.1. The summed E-state index contributed by atoms with van der Waals surface area (Å²) in [5.74, 6) is 0.133. The van der Waals surface area contributed by atoms with E-state index in [9.17, 15) is 8.42 Å². The highest BCUT2D eigenvalue weighted by Crippen LogP contribution is 2.13. The second-order valence-electron chi connectivity index (χ2n) is 5.21. The number of sulfonamides is 1. The summed E-state index contributed by atoms with van der Waals surface area (Å²) >= 11 is 4.83. The van der Waals surface area contributed by atoms with E-state index < -0.39 is 10.0 Å². The number of hydrogen-bond donors (Lipinski definition) is 2. The smallest absolute Gasteiger partial charge is 0.240 e. The molecule has 5 nitrogen and oxygen atoms in total. The Balaban J connectivity index is 2.89. The molecule has 0 radical (unpaired) electrons. The molecule has 3 N–H and O–H groups in total. The lowest BCUT2D eigenvalue weighted by molar-refractivity contribution is 0.157. The Hall–Kier alpha value is -1.02. The number of benzene rings is 1. The van der Waals surface area contributed by atoms with Crippen molar-refractivity contribution >= 4 is 27.2 Å². The molecule has 0 bridgehead atoms. The Bertz CT molecular complexity index is 568. The minimum absolute atomic E-state index is 0.133. The summed E-state index contributed by atoms with van der Waals surface area (Å²) in [6, 6.07) is 6.28. The van der Waals surface area contributed by atoms with Gasteiger partial charge in [-0.05, 0) is 23.6 Å². The van der Waals surface area contributed by atoms with E-state index in [2.05, 4.69) is 4.72 Å². The summed E-state index contributed by atoms with van der Waals surface area (Å²) in [5, 5.41) is 0. The van der Waals surface area contributed by atoms with E-state index in [4.69, 9.17) is 22.7 Å². The predicted molar refractivity (Wildman–Crippen MR) is 87.8 cm³/mol. The molecular weight excluding hydrogens is 308 g/mol. The van der Waals surface area contributed by atoms with Gasteiger partial charge in [0.25, 0.3) is 0 Å². The van der Waals surface area contributed by atoms with Crippen LogP contribution in [0.1, 0.15) is 19.4 Å². The highest BCUT2D eigenvalue weighted by molar-refractivity contribution is 7.89. The highest BCUT2D eigenvalue weighted by Gasteiger charge is 2.22. The van der Waals surface area contributed by atoms with Crippen molar-refractivity contribution in [3.05, 3.63) is 29.8 Å². The van der Waals surface area contributed by atoms with E-state index in [1.807, 2.05) is 13.8 Å². The number of methoxy groups -OCH3 is 1. The molecule has 0 amide bonds. The summed E-state index contributed by atoms with van der Waals surface area (Å²) < 4.78 is 32.4. The molecule has 0 aromatic heterocycles. The van der Waals surface area contributed by atoms with Gasteiger partial charge in [0, 0.05) is 19.6 Å². The lowest BCUT2D eigenvalue weighted by Crippen LogP contribution is -2.41. The van der Waals surface area contributed by atoms with Gasteiger partial charge in [-0.25, -0.2) is 13.1 Å². The Labute approximate surface area is 131 Å². The molecule has 21 heavy (non-hydrogen) atoms. The first-order valence-electron chi connectivity index (χ1n) is 6.64. The zero-order chi connectivity index (χ0) is 16.0. The third kappa shape index (κ3) is 5.70. The third-order valence-corrected chi connectivity index (χ3v) is 4.72. The first-order valence-corrected chi connectivity index (χ1v) is 8.54. The fourth-order valence-corrected chi connectivity index (χ4v) is 3.33. The molecule has 0 fully saturated rings. The quantitative estimate of drug-likeness (QED) is 0.705. The van der Waals surface area contributed by atoms with Crippen LogP contribution in [-0.2, 0) is 21.2 Å². The number of nitrogens with one attached hydrogen (secondary N) is 1. The van der Waals surface area contributed by atoms with Gasteiger partial charge in [-0.15, -0.1) is 0 Å². The molecule has 0 aliphatic heterocycles. The van der Waals surface area contributed by atoms with Crippen LogP contribution < -0.4 is 10.5 Å². The molecule has 7 heteroatoms. The van der Waals surface area contributed by atoms with Gasteiger partial charge in [-0.1, -0.05) is 38.2 Å². The molecule has 0 heterocycles. The van der Waals surface area contributed by atoms with Crippen LogP contribution in [0, 0.1) is 5.92 Å². The number of nitrogens with two attached hydrogens (primary N) is 1. The summed E-state index contributed by atoms with van der Waals surface area (Å²) in [7, 11) is -2.02. The standard InChI is InChI=1S/C14H22N2O3S2/c1-10(2)13(9-19-3)16-21(17,18)12-6-4-11(5-7-12)8-14(15)20/h4-7,10,13,16H,8-9H2,1-3H3,(H2,15,20). The molecule has 0 saturated carbocycles. The fraction of sp³-hybridized carbons (Fsp3) is 0.500. The molecule has 0 aliphatic carbocycles. The molecular formula is C14H22N2O3S2. The largest absolute Gasteiger partial charge is 0.393 e. The summed E-state index contributed by atoms with van der Waals surface area (Å²) in [6.45, 7) is 4.21. The number of rotatable bonds is 8. The van der Waals surface area contributed by atoms with Crippen molar-refractivity contribution in [2.75, 3.05) is 13.7 Å². The maximum absolute atomic E-state index is 12.3. The number of thiocarbonyl (C=S) groups is 1. The maximum atomic E-state index is 12.3. The molecule has 1 aromatic rings. The molecule has 118 valence electrons. The van der Waals surface area contributed by atoms with Crippen molar-refractivity contribution in [3.63, 3.8) is 0 Å². The zero-order valence-corrected chi connectivity index (χ0v) is 14.1. The fourth-order valence-electron chi connectivity index (χ4n) is 1.80. The molecule has 0 spiro atoms. The van der Waals surface area contributed by atoms with Crippen LogP contribution in [0.3, 0.4) is 0 Å².